The fraction of sp³-hybridized carbons (Fsp3) is 0.379. The summed E-state index contributed by atoms with van der Waals surface area (Å²) in [5.74, 6) is -2.07. The molecule has 1 amide bonds. The van der Waals surface area contributed by atoms with Crippen LogP contribution in [0.2, 0.25) is 5.02 Å². The summed E-state index contributed by atoms with van der Waals surface area (Å²) in [6.07, 6.45) is 2.91. The number of carbonyl (C=O) groups excluding carboxylic acids is 2. The molecule has 0 fully saturated rings. The maximum atomic E-state index is 14.2. The second-order valence-corrected chi connectivity index (χ2v) is 9.88. The number of nitrogens with zero attached hydrogens (tertiary/aromatic N) is 1. The smallest absolute Gasteiger partial charge is 0.337 e. The molecule has 0 radical (unpaired) electrons. The molecule has 208 valence electrons. The molecule has 0 aromatic heterocycles. The Bertz CT molecular complexity index is 1260. The number of esters is 1. The fourth-order valence-corrected chi connectivity index (χ4v) is 5.34. The SMILES string of the molecule is CCN(CC)CCNC(=O)C1=C(C(=O)OC)C2(C(Cc3ccc(F)cc3)Nc3cc(F)cc(Cl)c3)C=CC1O2. The zero-order valence-corrected chi connectivity index (χ0v) is 22.9. The monoisotopic (exact) mass is 559 g/mol. The maximum absolute atomic E-state index is 14.2. The van der Waals surface area contributed by atoms with Crippen molar-refractivity contribution in [3.05, 3.63) is 88.0 Å². The van der Waals surface area contributed by atoms with Crippen molar-refractivity contribution in [3.8, 4) is 0 Å². The van der Waals surface area contributed by atoms with Gasteiger partial charge in [-0.25, -0.2) is 13.6 Å². The van der Waals surface area contributed by atoms with Crippen LogP contribution in [0.15, 0.2) is 65.8 Å². The summed E-state index contributed by atoms with van der Waals surface area (Å²) >= 11 is 6.10. The lowest BCUT2D eigenvalue weighted by Gasteiger charge is -2.36. The van der Waals surface area contributed by atoms with E-state index in [0.29, 0.717) is 18.8 Å². The van der Waals surface area contributed by atoms with Gasteiger partial charge in [0.2, 0.25) is 0 Å². The lowest BCUT2D eigenvalue weighted by Crippen LogP contribution is -2.49. The first-order valence-electron chi connectivity index (χ1n) is 12.9. The number of carbonyl (C=O) groups is 2. The zero-order chi connectivity index (χ0) is 28.2. The lowest BCUT2D eigenvalue weighted by atomic mass is 9.78. The average molecular weight is 560 g/mol. The molecule has 7 nitrogen and oxygen atoms in total. The molecule has 2 heterocycles. The van der Waals surface area contributed by atoms with Gasteiger partial charge in [0.25, 0.3) is 5.91 Å². The zero-order valence-electron chi connectivity index (χ0n) is 22.1. The molecule has 2 aliphatic rings. The lowest BCUT2D eigenvalue weighted by molar-refractivity contribution is -0.138. The van der Waals surface area contributed by atoms with Gasteiger partial charge in [-0.3, -0.25) is 4.79 Å². The normalized spacial score (nSPS) is 20.4. The summed E-state index contributed by atoms with van der Waals surface area (Å²) in [5, 5.41) is 6.34. The quantitative estimate of drug-likeness (QED) is 0.299. The van der Waals surface area contributed by atoms with Crippen LogP contribution in [-0.4, -0.2) is 67.8 Å². The molecule has 2 aromatic rings. The van der Waals surface area contributed by atoms with Gasteiger partial charge in [0, 0.05) is 23.8 Å². The summed E-state index contributed by atoms with van der Waals surface area (Å²) in [5.41, 5.74) is -0.0981. The molecule has 0 saturated heterocycles. The largest absolute Gasteiger partial charge is 0.466 e. The van der Waals surface area contributed by atoms with Crippen molar-refractivity contribution in [2.75, 3.05) is 38.6 Å². The standard InChI is InChI=1S/C29H32ClF2N3O4/c1-4-35(5-2)13-12-33-27(36)25-23-10-11-29(39-23,26(25)28(37)38-3)24(14-18-6-8-20(31)9-7-18)34-22-16-19(30)15-21(32)17-22/h6-11,15-17,23-24,34H,4-5,12-14H2,1-3H3,(H,33,36). The van der Waals surface area contributed by atoms with Crippen LogP contribution < -0.4 is 10.6 Å². The minimum Gasteiger partial charge on any atom is -0.466 e. The van der Waals surface area contributed by atoms with Crippen molar-refractivity contribution in [1.29, 1.82) is 0 Å². The van der Waals surface area contributed by atoms with Gasteiger partial charge in [0.05, 0.1) is 24.3 Å². The van der Waals surface area contributed by atoms with Crippen LogP contribution in [0.4, 0.5) is 14.5 Å². The number of anilines is 1. The number of halogens is 3. The van der Waals surface area contributed by atoms with Crippen LogP contribution in [0.25, 0.3) is 0 Å². The summed E-state index contributed by atoms with van der Waals surface area (Å²) in [6, 6.07) is 9.17. The van der Waals surface area contributed by atoms with Gasteiger partial charge in [-0.05, 0) is 61.5 Å². The Morgan fingerprint density at radius 1 is 1.13 bits per heavy atom. The number of hydrogen-bond donors (Lipinski definition) is 2. The molecule has 2 aliphatic heterocycles. The molecular formula is C29H32ClF2N3O4. The van der Waals surface area contributed by atoms with E-state index in [1.54, 1.807) is 30.4 Å². The van der Waals surface area contributed by atoms with E-state index in [2.05, 4.69) is 15.5 Å². The Morgan fingerprint density at radius 3 is 2.49 bits per heavy atom. The maximum Gasteiger partial charge on any atom is 0.337 e. The topological polar surface area (TPSA) is 79.9 Å². The summed E-state index contributed by atoms with van der Waals surface area (Å²) in [7, 11) is 1.24. The molecule has 4 rings (SSSR count). The third kappa shape index (κ3) is 6.16. The first-order chi connectivity index (χ1) is 18.7. The third-order valence-corrected chi connectivity index (χ3v) is 7.32. The molecule has 2 aromatic carbocycles. The highest BCUT2D eigenvalue weighted by molar-refractivity contribution is 6.30. The Balaban J connectivity index is 1.73. The van der Waals surface area contributed by atoms with E-state index in [-0.39, 0.29) is 22.6 Å². The van der Waals surface area contributed by atoms with E-state index >= 15 is 0 Å². The van der Waals surface area contributed by atoms with Crippen LogP contribution in [-0.2, 0) is 25.5 Å². The minimum atomic E-state index is -1.42. The Morgan fingerprint density at radius 2 is 1.85 bits per heavy atom. The highest BCUT2D eigenvalue weighted by Gasteiger charge is 2.58. The summed E-state index contributed by atoms with van der Waals surface area (Å²) in [6.45, 7) is 6.83. The summed E-state index contributed by atoms with van der Waals surface area (Å²) < 4.78 is 39.3. The van der Waals surface area contributed by atoms with E-state index in [0.717, 1.165) is 18.7 Å². The predicted octanol–water partition coefficient (Wildman–Crippen LogP) is 4.28. The molecule has 3 unspecified atom stereocenters. The van der Waals surface area contributed by atoms with E-state index in [4.69, 9.17) is 21.1 Å². The molecule has 2 bridgehead atoms. The number of amides is 1. The molecule has 2 N–H and O–H groups in total. The number of benzene rings is 2. The Kier molecular flexibility index (Phi) is 9.04. The number of fused-ring (bicyclic) bond motifs is 2. The van der Waals surface area contributed by atoms with Crippen molar-refractivity contribution in [3.63, 3.8) is 0 Å². The Hall–Kier alpha value is -3.27. The van der Waals surface area contributed by atoms with Gasteiger partial charge >= 0.3 is 5.97 Å². The third-order valence-electron chi connectivity index (χ3n) is 7.10. The predicted molar refractivity (Wildman–Crippen MR) is 146 cm³/mol. The van der Waals surface area contributed by atoms with E-state index in [9.17, 15) is 18.4 Å². The van der Waals surface area contributed by atoms with Crippen LogP contribution in [0, 0.1) is 11.6 Å². The minimum absolute atomic E-state index is 0.0694. The van der Waals surface area contributed by atoms with Crippen LogP contribution in [0.5, 0.6) is 0 Å². The first-order valence-corrected chi connectivity index (χ1v) is 13.3. The average Bonchev–Trinajstić information content (AvgIpc) is 3.49. The highest BCUT2D eigenvalue weighted by atomic mass is 35.5. The van der Waals surface area contributed by atoms with Crippen molar-refractivity contribution in [1.82, 2.24) is 10.2 Å². The second-order valence-electron chi connectivity index (χ2n) is 9.44. The molecule has 0 spiro atoms. The van der Waals surface area contributed by atoms with E-state index < -0.39 is 41.3 Å². The van der Waals surface area contributed by atoms with Crippen molar-refractivity contribution in [2.24, 2.45) is 0 Å². The van der Waals surface area contributed by atoms with Crippen LogP contribution >= 0.6 is 11.6 Å². The molecule has 3 atom stereocenters. The van der Waals surface area contributed by atoms with Gasteiger partial charge in [0.15, 0.2) is 0 Å². The number of nitrogens with one attached hydrogen (secondary N) is 2. The van der Waals surface area contributed by atoms with E-state index in [1.165, 1.54) is 31.4 Å². The van der Waals surface area contributed by atoms with Crippen LogP contribution in [0.3, 0.4) is 0 Å². The summed E-state index contributed by atoms with van der Waals surface area (Å²) in [4.78, 5) is 28.8. The van der Waals surface area contributed by atoms with Gasteiger partial charge < -0.3 is 25.0 Å². The van der Waals surface area contributed by atoms with Gasteiger partial charge in [-0.15, -0.1) is 0 Å². The van der Waals surface area contributed by atoms with Crippen LogP contribution in [0.1, 0.15) is 19.4 Å². The molecular weight excluding hydrogens is 528 g/mol. The fourth-order valence-electron chi connectivity index (χ4n) is 5.12. The number of rotatable bonds is 12. The van der Waals surface area contributed by atoms with Gasteiger partial charge in [-0.1, -0.05) is 43.7 Å². The van der Waals surface area contributed by atoms with Crippen molar-refractivity contribution in [2.45, 2.75) is 38.0 Å². The highest BCUT2D eigenvalue weighted by Crippen LogP contribution is 2.47. The van der Waals surface area contributed by atoms with Crippen molar-refractivity contribution >= 4 is 29.2 Å². The second kappa shape index (κ2) is 12.3. The molecule has 39 heavy (non-hydrogen) atoms. The number of ether oxygens (including phenoxy) is 2. The first kappa shape index (κ1) is 28.7. The number of methoxy groups -OCH3 is 1. The Labute approximate surface area is 231 Å². The van der Waals surface area contributed by atoms with Crippen molar-refractivity contribution < 1.29 is 27.8 Å². The number of hydrogen-bond acceptors (Lipinski definition) is 6. The molecule has 0 saturated carbocycles. The molecule has 0 aliphatic carbocycles. The van der Waals surface area contributed by atoms with E-state index in [1.807, 2.05) is 13.8 Å². The molecule has 10 heteroatoms. The van der Waals surface area contributed by atoms with Gasteiger partial charge in [-0.2, -0.15) is 0 Å². The van der Waals surface area contributed by atoms with Gasteiger partial charge in [0.1, 0.15) is 23.3 Å². The number of likely N-dealkylation sites (N-methyl/N-ethyl adjacent to an activating group) is 1.